The number of carbonyl (C=O) groups is 1. The molecule has 0 unspecified atom stereocenters. The summed E-state index contributed by atoms with van der Waals surface area (Å²) < 4.78 is 68.6. The van der Waals surface area contributed by atoms with Gasteiger partial charge in [0.1, 0.15) is 11.4 Å². The van der Waals surface area contributed by atoms with Gasteiger partial charge >= 0.3 is 12.1 Å². The highest BCUT2D eigenvalue weighted by atomic mass is 19.4. The third-order valence-corrected chi connectivity index (χ3v) is 9.84. The van der Waals surface area contributed by atoms with Gasteiger partial charge in [-0.05, 0) is 74.0 Å². The Bertz CT molecular complexity index is 706. The monoisotopic (exact) mass is 422 g/mol. The molecule has 4 aliphatic carbocycles. The van der Waals surface area contributed by atoms with E-state index in [4.69, 9.17) is 0 Å². The van der Waals surface area contributed by atoms with E-state index in [2.05, 4.69) is 6.92 Å². The van der Waals surface area contributed by atoms with E-state index in [9.17, 15) is 31.9 Å². The molecule has 4 saturated carbocycles. The predicted octanol–water partition coefficient (Wildman–Crippen LogP) is 5.77. The SMILES string of the molecule is C[C@@H]1C[C@@]2(C)[C@@H](CC[C@@H]3[C@@H]2CC[C@@]2(C)[C@H]3CC[C@@]2(O)C(F)(F)C(F)(F)F)CC1=O. The predicted molar refractivity (Wildman–Crippen MR) is 97.2 cm³/mol. The van der Waals surface area contributed by atoms with Crippen molar-refractivity contribution < 1.29 is 31.9 Å². The van der Waals surface area contributed by atoms with E-state index in [1.54, 1.807) is 0 Å². The van der Waals surface area contributed by atoms with Crippen molar-refractivity contribution in [1.29, 1.82) is 0 Å². The second-order valence-corrected chi connectivity index (χ2v) is 10.9. The molecule has 0 aromatic rings. The van der Waals surface area contributed by atoms with Crippen LogP contribution in [0.5, 0.6) is 0 Å². The average molecular weight is 422 g/mol. The topological polar surface area (TPSA) is 37.3 Å². The fourth-order valence-corrected chi connectivity index (χ4v) is 8.17. The van der Waals surface area contributed by atoms with Crippen molar-refractivity contribution in [2.75, 3.05) is 0 Å². The quantitative estimate of drug-likeness (QED) is 0.545. The third-order valence-electron chi connectivity index (χ3n) is 9.84. The Morgan fingerprint density at radius 1 is 0.966 bits per heavy atom. The maximum absolute atomic E-state index is 14.5. The molecule has 0 radical (unpaired) electrons. The minimum Gasteiger partial charge on any atom is -0.383 e. The minimum atomic E-state index is -5.76. The van der Waals surface area contributed by atoms with E-state index >= 15 is 0 Å². The van der Waals surface area contributed by atoms with Crippen molar-refractivity contribution in [3.63, 3.8) is 0 Å². The van der Waals surface area contributed by atoms with E-state index in [-0.39, 0.29) is 53.6 Å². The lowest BCUT2D eigenvalue weighted by molar-refractivity contribution is -0.364. The molecule has 0 aromatic carbocycles. The molecule has 1 N–H and O–H groups in total. The van der Waals surface area contributed by atoms with E-state index in [0.29, 0.717) is 12.8 Å². The lowest BCUT2D eigenvalue weighted by Crippen LogP contribution is -2.66. The molecule has 0 amide bonds. The summed E-state index contributed by atoms with van der Waals surface area (Å²) in [6.45, 7) is 5.60. The summed E-state index contributed by atoms with van der Waals surface area (Å²) in [5.74, 6) is -4.68. The zero-order valence-electron chi connectivity index (χ0n) is 17.3. The first-order valence-corrected chi connectivity index (χ1v) is 10.9. The van der Waals surface area contributed by atoms with Crippen LogP contribution in [0.3, 0.4) is 0 Å². The number of alkyl halides is 5. The smallest absolute Gasteiger partial charge is 0.383 e. The number of fused-ring (bicyclic) bond motifs is 5. The molecular weight excluding hydrogens is 391 g/mol. The van der Waals surface area contributed by atoms with Gasteiger partial charge in [-0.15, -0.1) is 0 Å². The van der Waals surface area contributed by atoms with Crippen molar-refractivity contribution in [3.8, 4) is 0 Å². The lowest BCUT2D eigenvalue weighted by atomic mass is 9.43. The van der Waals surface area contributed by atoms with Crippen LogP contribution in [0.2, 0.25) is 0 Å². The number of Topliss-reactive ketones (excluding diaryl/α,β-unsaturated/α-hetero) is 1. The molecule has 8 atom stereocenters. The Morgan fingerprint density at radius 3 is 2.21 bits per heavy atom. The van der Waals surface area contributed by atoms with Gasteiger partial charge in [0, 0.05) is 17.8 Å². The Labute approximate surface area is 168 Å². The largest absolute Gasteiger partial charge is 0.456 e. The average Bonchev–Trinajstić information content (AvgIpc) is 2.88. The van der Waals surface area contributed by atoms with Crippen molar-refractivity contribution in [3.05, 3.63) is 0 Å². The summed E-state index contributed by atoms with van der Waals surface area (Å²) in [7, 11) is 0. The van der Waals surface area contributed by atoms with E-state index in [0.717, 1.165) is 19.3 Å². The molecule has 7 heteroatoms. The highest BCUT2D eigenvalue weighted by Gasteiger charge is 2.79. The van der Waals surface area contributed by atoms with E-state index in [1.807, 2.05) is 6.92 Å². The molecule has 0 bridgehead atoms. The summed E-state index contributed by atoms with van der Waals surface area (Å²) in [6.07, 6.45) is -2.47. The van der Waals surface area contributed by atoms with Crippen LogP contribution >= 0.6 is 0 Å². The summed E-state index contributed by atoms with van der Waals surface area (Å²) in [5.41, 5.74) is -4.58. The summed E-state index contributed by atoms with van der Waals surface area (Å²) in [5, 5.41) is 10.9. The zero-order valence-corrected chi connectivity index (χ0v) is 17.3. The molecular formula is C22H31F5O2. The Balaban J connectivity index is 1.67. The van der Waals surface area contributed by atoms with Crippen LogP contribution in [-0.4, -0.2) is 28.6 Å². The number of aliphatic hydroxyl groups is 1. The minimum absolute atomic E-state index is 0.0293. The molecule has 4 fully saturated rings. The molecule has 0 aliphatic heterocycles. The maximum Gasteiger partial charge on any atom is 0.456 e. The van der Waals surface area contributed by atoms with Crippen LogP contribution in [0.4, 0.5) is 22.0 Å². The number of hydrogen-bond donors (Lipinski definition) is 1. The van der Waals surface area contributed by atoms with Crippen molar-refractivity contribution in [2.45, 2.75) is 89.8 Å². The van der Waals surface area contributed by atoms with Gasteiger partial charge in [0.15, 0.2) is 0 Å². The molecule has 0 saturated heterocycles. The first-order chi connectivity index (χ1) is 13.2. The third kappa shape index (κ3) is 2.58. The second kappa shape index (κ2) is 6.17. The maximum atomic E-state index is 14.5. The molecule has 166 valence electrons. The van der Waals surface area contributed by atoms with Crippen LogP contribution in [0.1, 0.15) is 72.1 Å². The first-order valence-electron chi connectivity index (χ1n) is 10.9. The lowest BCUT2D eigenvalue weighted by Gasteiger charge is -2.62. The van der Waals surface area contributed by atoms with Gasteiger partial charge in [0.2, 0.25) is 0 Å². The van der Waals surface area contributed by atoms with Crippen LogP contribution in [0.25, 0.3) is 0 Å². The Kier molecular flexibility index (Phi) is 4.57. The Morgan fingerprint density at radius 2 is 1.59 bits per heavy atom. The molecule has 0 heterocycles. The van der Waals surface area contributed by atoms with Crippen LogP contribution in [0.15, 0.2) is 0 Å². The molecule has 4 aliphatic rings. The van der Waals surface area contributed by atoms with Crippen molar-refractivity contribution in [1.82, 2.24) is 0 Å². The van der Waals surface area contributed by atoms with Gasteiger partial charge in [-0.3, -0.25) is 4.79 Å². The molecule has 2 nitrogen and oxygen atoms in total. The second-order valence-electron chi connectivity index (χ2n) is 10.9. The van der Waals surface area contributed by atoms with Gasteiger partial charge < -0.3 is 5.11 Å². The van der Waals surface area contributed by atoms with Gasteiger partial charge in [0.25, 0.3) is 0 Å². The van der Waals surface area contributed by atoms with E-state index < -0.39 is 29.5 Å². The summed E-state index contributed by atoms with van der Waals surface area (Å²) in [6, 6.07) is 0. The number of carbonyl (C=O) groups excluding carboxylic acids is 1. The molecule has 4 rings (SSSR count). The van der Waals surface area contributed by atoms with Crippen LogP contribution < -0.4 is 0 Å². The normalized spacial score (nSPS) is 50.7. The summed E-state index contributed by atoms with van der Waals surface area (Å²) >= 11 is 0. The van der Waals surface area contributed by atoms with Gasteiger partial charge in [-0.1, -0.05) is 20.8 Å². The zero-order chi connectivity index (χ0) is 21.6. The van der Waals surface area contributed by atoms with Crippen molar-refractivity contribution in [2.24, 2.45) is 40.4 Å². The highest BCUT2D eigenvalue weighted by Crippen LogP contribution is 2.71. The van der Waals surface area contributed by atoms with Crippen LogP contribution in [-0.2, 0) is 4.79 Å². The molecule has 0 spiro atoms. The first kappa shape index (κ1) is 21.5. The summed E-state index contributed by atoms with van der Waals surface area (Å²) in [4.78, 5) is 12.3. The fourth-order valence-electron chi connectivity index (χ4n) is 8.17. The number of halogens is 5. The van der Waals surface area contributed by atoms with Gasteiger partial charge in [-0.25, -0.2) is 0 Å². The van der Waals surface area contributed by atoms with Crippen LogP contribution in [0, 0.1) is 40.4 Å². The van der Waals surface area contributed by atoms with Gasteiger partial charge in [0.05, 0.1) is 0 Å². The number of ketones is 1. The highest BCUT2D eigenvalue weighted by molar-refractivity contribution is 5.82. The van der Waals surface area contributed by atoms with E-state index in [1.165, 1.54) is 6.92 Å². The molecule has 0 aromatic heterocycles. The number of hydrogen-bond acceptors (Lipinski definition) is 2. The van der Waals surface area contributed by atoms with Gasteiger partial charge in [-0.2, -0.15) is 22.0 Å². The molecule has 29 heavy (non-hydrogen) atoms. The fraction of sp³-hybridized carbons (Fsp3) is 0.955. The van der Waals surface area contributed by atoms with Crippen molar-refractivity contribution >= 4 is 5.78 Å². The Hall–Kier alpha value is -0.720. The number of rotatable bonds is 1. The standard InChI is InChI=1S/C22H31F5O2/c1-12-11-18(2)13(10-17(12)28)4-5-14-15(18)6-8-19(3)16(14)7-9-20(19,29)21(23,24)22(25,26)27/h12-16,29H,4-11H2,1-3H3/t12-,13+,14-,15+,16+,18+,19+,20+/m1/s1.